The van der Waals surface area contributed by atoms with Gasteiger partial charge in [0.15, 0.2) is 5.96 Å². The molecule has 1 aliphatic carbocycles. The molecule has 0 aliphatic heterocycles. The smallest absolute Gasteiger partial charge is 0.191 e. The maximum atomic E-state index is 4.36. The summed E-state index contributed by atoms with van der Waals surface area (Å²) in [6.45, 7) is 6.24. The molecule has 0 radical (unpaired) electrons. The largest absolute Gasteiger partial charge is 0.356 e. The molecule has 1 fully saturated rings. The zero-order chi connectivity index (χ0) is 16.8. The molecule has 4 nitrogen and oxygen atoms in total. The van der Waals surface area contributed by atoms with E-state index in [0.29, 0.717) is 12.0 Å². The predicted molar refractivity (Wildman–Crippen MR) is 115 cm³/mol. The van der Waals surface area contributed by atoms with Crippen LogP contribution >= 0.6 is 24.0 Å². The van der Waals surface area contributed by atoms with Crippen molar-refractivity contribution >= 4 is 29.9 Å². The van der Waals surface area contributed by atoms with Gasteiger partial charge in [0.25, 0.3) is 0 Å². The van der Waals surface area contributed by atoms with Crippen LogP contribution in [-0.2, 0) is 0 Å². The number of nitrogens with one attached hydrogen (secondary N) is 2. The summed E-state index contributed by atoms with van der Waals surface area (Å²) in [6, 6.07) is 9.33. The van der Waals surface area contributed by atoms with Crippen LogP contribution in [0.25, 0.3) is 0 Å². The van der Waals surface area contributed by atoms with Crippen LogP contribution in [0.4, 0.5) is 0 Å². The van der Waals surface area contributed by atoms with Crippen LogP contribution in [0.5, 0.6) is 0 Å². The maximum Gasteiger partial charge on any atom is 0.191 e. The van der Waals surface area contributed by atoms with E-state index in [2.05, 4.69) is 72.7 Å². The molecule has 1 saturated carbocycles. The first-order valence-electron chi connectivity index (χ1n) is 8.68. The third-order valence-electron chi connectivity index (χ3n) is 4.72. The minimum Gasteiger partial charge on any atom is -0.356 e. The number of guanidine groups is 1. The number of aliphatic imine (C=N–C) groups is 1. The van der Waals surface area contributed by atoms with Crippen molar-refractivity contribution in [3.05, 3.63) is 35.4 Å². The van der Waals surface area contributed by atoms with Crippen molar-refractivity contribution in [3.63, 3.8) is 0 Å². The van der Waals surface area contributed by atoms with Crippen LogP contribution in [0.2, 0.25) is 0 Å². The van der Waals surface area contributed by atoms with Crippen molar-refractivity contribution in [2.24, 2.45) is 10.9 Å². The number of aryl methyl sites for hydroxylation is 1. The molecule has 1 aromatic carbocycles. The summed E-state index contributed by atoms with van der Waals surface area (Å²) in [6.07, 6.45) is 2.72. The number of halogens is 1. The van der Waals surface area contributed by atoms with Crippen molar-refractivity contribution in [3.8, 4) is 0 Å². The van der Waals surface area contributed by atoms with Crippen LogP contribution in [0.15, 0.2) is 29.3 Å². The Balaban J connectivity index is 0.00000288. The zero-order valence-corrected chi connectivity index (χ0v) is 18.0. The lowest BCUT2D eigenvalue weighted by Gasteiger charge is -2.25. The Bertz CT molecular complexity index is 524. The normalized spacial score (nSPS) is 17.2. The molecular weight excluding hydrogens is 411 g/mol. The molecule has 2 atom stereocenters. The molecule has 2 rings (SSSR count). The fraction of sp³-hybridized carbons (Fsp3) is 0.632. The van der Waals surface area contributed by atoms with Gasteiger partial charge < -0.3 is 15.5 Å². The van der Waals surface area contributed by atoms with E-state index in [1.165, 1.54) is 24.0 Å². The Labute approximate surface area is 164 Å². The van der Waals surface area contributed by atoms with E-state index >= 15 is 0 Å². The van der Waals surface area contributed by atoms with Gasteiger partial charge in [0.05, 0.1) is 0 Å². The van der Waals surface area contributed by atoms with Gasteiger partial charge in [0, 0.05) is 26.2 Å². The molecule has 1 aromatic rings. The Morgan fingerprint density at radius 1 is 1.25 bits per heavy atom. The molecule has 136 valence electrons. The molecule has 0 heterocycles. The lowest BCUT2D eigenvalue weighted by atomic mass is 9.99. The lowest BCUT2D eigenvalue weighted by molar-refractivity contribution is 0.264. The second kappa shape index (κ2) is 10.2. The second-order valence-electron chi connectivity index (χ2n) is 7.02. The minimum atomic E-state index is 0. The molecular formula is C19H33IN4. The van der Waals surface area contributed by atoms with E-state index < -0.39 is 0 Å². The van der Waals surface area contributed by atoms with Crippen molar-refractivity contribution < 1.29 is 0 Å². The molecule has 2 N–H and O–H groups in total. The van der Waals surface area contributed by atoms with Gasteiger partial charge in [-0.3, -0.25) is 4.99 Å². The van der Waals surface area contributed by atoms with Gasteiger partial charge in [-0.1, -0.05) is 36.8 Å². The van der Waals surface area contributed by atoms with Gasteiger partial charge in [-0.25, -0.2) is 0 Å². The van der Waals surface area contributed by atoms with Crippen LogP contribution < -0.4 is 10.6 Å². The Kier molecular flexibility index (Phi) is 9.05. The third-order valence-corrected chi connectivity index (χ3v) is 4.72. The molecule has 0 saturated heterocycles. The fourth-order valence-corrected chi connectivity index (χ4v) is 3.02. The Morgan fingerprint density at radius 3 is 2.46 bits per heavy atom. The first-order chi connectivity index (χ1) is 11.0. The van der Waals surface area contributed by atoms with Gasteiger partial charge in [0.2, 0.25) is 0 Å². The minimum absolute atomic E-state index is 0. The van der Waals surface area contributed by atoms with Crippen molar-refractivity contribution in [1.29, 1.82) is 0 Å². The molecule has 0 spiro atoms. The molecule has 5 heteroatoms. The molecule has 0 bridgehead atoms. The van der Waals surface area contributed by atoms with Gasteiger partial charge >= 0.3 is 0 Å². The van der Waals surface area contributed by atoms with E-state index in [1.807, 2.05) is 7.05 Å². The number of benzene rings is 1. The number of likely N-dealkylation sites (N-methyl/N-ethyl adjacent to an activating group) is 1. The van der Waals surface area contributed by atoms with E-state index in [1.54, 1.807) is 0 Å². The first kappa shape index (κ1) is 21.2. The van der Waals surface area contributed by atoms with Gasteiger partial charge in [-0.05, 0) is 51.3 Å². The molecule has 0 amide bonds. The number of hydrogen-bond acceptors (Lipinski definition) is 2. The van der Waals surface area contributed by atoms with Crippen molar-refractivity contribution in [2.75, 3.05) is 34.2 Å². The topological polar surface area (TPSA) is 39.7 Å². The summed E-state index contributed by atoms with van der Waals surface area (Å²) in [4.78, 5) is 6.68. The highest BCUT2D eigenvalue weighted by atomic mass is 127. The Hall–Kier alpha value is -0.820. The maximum absolute atomic E-state index is 4.36. The molecule has 24 heavy (non-hydrogen) atoms. The summed E-state index contributed by atoms with van der Waals surface area (Å²) in [5.41, 5.74) is 2.69. The fourth-order valence-electron chi connectivity index (χ4n) is 3.02. The van der Waals surface area contributed by atoms with Crippen LogP contribution in [0, 0.1) is 12.8 Å². The van der Waals surface area contributed by atoms with E-state index in [-0.39, 0.29) is 24.0 Å². The zero-order valence-electron chi connectivity index (χ0n) is 15.7. The van der Waals surface area contributed by atoms with Gasteiger partial charge in [-0.2, -0.15) is 0 Å². The van der Waals surface area contributed by atoms with Crippen LogP contribution in [0.1, 0.15) is 36.8 Å². The monoisotopic (exact) mass is 444 g/mol. The molecule has 1 aliphatic rings. The second-order valence-corrected chi connectivity index (χ2v) is 7.02. The summed E-state index contributed by atoms with van der Waals surface area (Å²) < 4.78 is 0. The van der Waals surface area contributed by atoms with E-state index in [9.17, 15) is 0 Å². The van der Waals surface area contributed by atoms with Gasteiger partial charge in [-0.15, -0.1) is 24.0 Å². The third kappa shape index (κ3) is 6.59. The van der Waals surface area contributed by atoms with E-state index in [0.717, 1.165) is 25.0 Å². The predicted octanol–water partition coefficient (Wildman–Crippen LogP) is 3.22. The van der Waals surface area contributed by atoms with Crippen molar-refractivity contribution in [2.45, 2.75) is 38.6 Å². The summed E-state index contributed by atoms with van der Waals surface area (Å²) in [5, 5.41) is 6.95. The highest BCUT2D eigenvalue weighted by Gasteiger charge is 2.32. The molecule has 2 unspecified atom stereocenters. The quantitative estimate of drug-likeness (QED) is 0.386. The van der Waals surface area contributed by atoms with Gasteiger partial charge in [0.1, 0.15) is 0 Å². The summed E-state index contributed by atoms with van der Waals surface area (Å²) in [5.74, 6) is 2.21. The van der Waals surface area contributed by atoms with Crippen molar-refractivity contribution in [1.82, 2.24) is 15.5 Å². The average Bonchev–Trinajstić information content (AvgIpc) is 3.34. The lowest BCUT2D eigenvalue weighted by Crippen LogP contribution is -2.46. The Morgan fingerprint density at radius 2 is 1.92 bits per heavy atom. The number of nitrogens with zero attached hydrogens (tertiary/aromatic N) is 2. The number of hydrogen-bond donors (Lipinski definition) is 2. The van der Waals surface area contributed by atoms with Crippen LogP contribution in [0.3, 0.4) is 0 Å². The first-order valence-corrected chi connectivity index (χ1v) is 8.68. The molecule has 0 aromatic heterocycles. The highest BCUT2D eigenvalue weighted by molar-refractivity contribution is 14.0. The summed E-state index contributed by atoms with van der Waals surface area (Å²) in [7, 11) is 6.18. The SMILES string of the molecule is CN=C(NCC(C)c1cccc(C)c1)NCC(C1CC1)N(C)C.I. The van der Waals surface area contributed by atoms with Crippen LogP contribution in [-0.4, -0.2) is 51.1 Å². The summed E-state index contributed by atoms with van der Waals surface area (Å²) >= 11 is 0. The van der Waals surface area contributed by atoms with E-state index in [4.69, 9.17) is 0 Å². The highest BCUT2D eigenvalue weighted by Crippen LogP contribution is 2.34. The number of rotatable bonds is 7. The average molecular weight is 444 g/mol. The standard InChI is InChI=1S/C19H32N4.HI/c1-14-7-6-8-17(11-14)15(2)12-21-19(20-3)22-13-18(23(4)5)16-9-10-16;/h6-8,11,15-16,18H,9-10,12-13H2,1-5H3,(H2,20,21,22);1H.